The minimum Gasteiger partial charge on any atom is -0.494 e. The number of thiophene rings is 1. The lowest BCUT2D eigenvalue weighted by atomic mass is 10.2. The standard InChI is InChI=1S/C23H23N3O3S/c1-2-3-4-5-12-28-18-10-8-17(9-11-18)14-25-26-16-24-22-21(23(26)27)19(15-30-22)20-7-6-13-29-20/h6-11,13-16H,2-5,12H2,1H3/b25-14-. The van der Waals surface area contributed by atoms with E-state index in [9.17, 15) is 4.79 Å². The second kappa shape index (κ2) is 9.54. The second-order valence-electron chi connectivity index (χ2n) is 6.92. The van der Waals surface area contributed by atoms with Crippen molar-refractivity contribution in [3.05, 3.63) is 70.3 Å². The number of fused-ring (bicyclic) bond motifs is 1. The fourth-order valence-corrected chi connectivity index (χ4v) is 4.00. The molecule has 154 valence electrons. The molecule has 0 aliphatic heterocycles. The largest absolute Gasteiger partial charge is 0.494 e. The van der Waals surface area contributed by atoms with E-state index in [1.165, 1.54) is 41.6 Å². The normalized spacial score (nSPS) is 11.5. The number of hydrogen-bond acceptors (Lipinski definition) is 6. The van der Waals surface area contributed by atoms with Gasteiger partial charge in [0.15, 0.2) is 0 Å². The highest BCUT2D eigenvalue weighted by atomic mass is 32.1. The molecule has 0 saturated heterocycles. The molecule has 0 aliphatic rings. The van der Waals surface area contributed by atoms with Gasteiger partial charge in [0, 0.05) is 10.9 Å². The Morgan fingerprint density at radius 3 is 2.83 bits per heavy atom. The predicted molar refractivity (Wildman–Crippen MR) is 121 cm³/mol. The van der Waals surface area contributed by atoms with E-state index in [1.54, 1.807) is 18.5 Å². The van der Waals surface area contributed by atoms with Gasteiger partial charge >= 0.3 is 0 Å². The van der Waals surface area contributed by atoms with Crippen LogP contribution in [0.15, 0.2) is 68.7 Å². The Morgan fingerprint density at radius 2 is 2.07 bits per heavy atom. The van der Waals surface area contributed by atoms with Gasteiger partial charge in [-0.15, -0.1) is 11.3 Å². The highest BCUT2D eigenvalue weighted by molar-refractivity contribution is 7.17. The third kappa shape index (κ3) is 4.52. The number of aromatic nitrogens is 2. The van der Waals surface area contributed by atoms with Crippen LogP contribution < -0.4 is 10.3 Å². The maximum absolute atomic E-state index is 12.9. The first-order chi connectivity index (χ1) is 14.8. The molecule has 0 saturated carbocycles. The molecule has 0 amide bonds. The number of ether oxygens (including phenoxy) is 1. The molecular weight excluding hydrogens is 398 g/mol. The number of benzene rings is 1. The lowest BCUT2D eigenvalue weighted by Crippen LogP contribution is -2.16. The summed E-state index contributed by atoms with van der Waals surface area (Å²) in [4.78, 5) is 18.0. The molecule has 0 radical (unpaired) electrons. The molecule has 3 aromatic heterocycles. The highest BCUT2D eigenvalue weighted by Gasteiger charge is 2.14. The molecule has 4 aromatic rings. The lowest BCUT2D eigenvalue weighted by molar-refractivity contribution is 0.305. The van der Waals surface area contributed by atoms with Gasteiger partial charge in [0.05, 0.1) is 24.5 Å². The van der Waals surface area contributed by atoms with Gasteiger partial charge in [0.25, 0.3) is 5.56 Å². The van der Waals surface area contributed by atoms with Crippen LogP contribution >= 0.6 is 11.3 Å². The maximum Gasteiger partial charge on any atom is 0.283 e. The Labute approximate surface area is 178 Å². The number of rotatable bonds is 9. The van der Waals surface area contributed by atoms with Crippen molar-refractivity contribution in [1.29, 1.82) is 0 Å². The molecule has 6 nitrogen and oxygen atoms in total. The quantitative estimate of drug-likeness (QED) is 0.262. The van der Waals surface area contributed by atoms with Crippen molar-refractivity contribution in [3.63, 3.8) is 0 Å². The fraction of sp³-hybridized carbons (Fsp3) is 0.261. The van der Waals surface area contributed by atoms with E-state index in [0.717, 1.165) is 29.9 Å². The van der Waals surface area contributed by atoms with Crippen LogP contribution in [0.5, 0.6) is 5.75 Å². The molecule has 7 heteroatoms. The molecular formula is C23H23N3O3S. The van der Waals surface area contributed by atoms with E-state index in [1.807, 2.05) is 35.7 Å². The van der Waals surface area contributed by atoms with E-state index in [4.69, 9.17) is 9.15 Å². The van der Waals surface area contributed by atoms with Crippen molar-refractivity contribution in [2.24, 2.45) is 5.10 Å². The summed E-state index contributed by atoms with van der Waals surface area (Å²) < 4.78 is 12.5. The Balaban J connectivity index is 1.48. The third-order valence-electron chi connectivity index (χ3n) is 4.74. The lowest BCUT2D eigenvalue weighted by Gasteiger charge is -2.06. The van der Waals surface area contributed by atoms with Crippen molar-refractivity contribution < 1.29 is 9.15 Å². The van der Waals surface area contributed by atoms with Gasteiger partial charge in [-0.2, -0.15) is 9.78 Å². The van der Waals surface area contributed by atoms with Gasteiger partial charge in [-0.3, -0.25) is 4.79 Å². The van der Waals surface area contributed by atoms with Crippen LogP contribution in [-0.4, -0.2) is 22.5 Å². The number of furan rings is 1. The summed E-state index contributed by atoms with van der Waals surface area (Å²) >= 11 is 1.41. The first kappa shape index (κ1) is 20.1. The van der Waals surface area contributed by atoms with Gasteiger partial charge in [-0.05, 0) is 48.4 Å². The zero-order chi connectivity index (χ0) is 20.8. The van der Waals surface area contributed by atoms with Crippen LogP contribution in [0.25, 0.3) is 21.5 Å². The van der Waals surface area contributed by atoms with Gasteiger partial charge < -0.3 is 9.15 Å². The summed E-state index contributed by atoms with van der Waals surface area (Å²) in [6.07, 6.45) is 9.39. The zero-order valence-electron chi connectivity index (χ0n) is 16.8. The smallest absolute Gasteiger partial charge is 0.283 e. The molecule has 0 atom stereocenters. The van der Waals surface area contributed by atoms with E-state index in [2.05, 4.69) is 17.0 Å². The fourth-order valence-electron chi connectivity index (χ4n) is 3.12. The molecule has 0 unspecified atom stereocenters. The second-order valence-corrected chi connectivity index (χ2v) is 7.78. The Morgan fingerprint density at radius 1 is 1.20 bits per heavy atom. The van der Waals surface area contributed by atoms with Crippen LogP contribution in [0.3, 0.4) is 0 Å². The van der Waals surface area contributed by atoms with Crippen molar-refractivity contribution in [3.8, 4) is 17.1 Å². The van der Waals surface area contributed by atoms with Gasteiger partial charge in [-0.1, -0.05) is 26.2 Å². The summed E-state index contributed by atoms with van der Waals surface area (Å²) in [6.45, 7) is 2.93. The summed E-state index contributed by atoms with van der Waals surface area (Å²) in [7, 11) is 0. The molecule has 3 heterocycles. The maximum atomic E-state index is 12.9. The Hall–Kier alpha value is -3.19. The number of hydrogen-bond donors (Lipinski definition) is 0. The van der Waals surface area contributed by atoms with Gasteiger partial charge in [0.1, 0.15) is 22.7 Å². The van der Waals surface area contributed by atoms with E-state index >= 15 is 0 Å². The van der Waals surface area contributed by atoms with Crippen LogP contribution in [0, 0.1) is 0 Å². The molecule has 0 N–H and O–H groups in total. The molecule has 30 heavy (non-hydrogen) atoms. The molecule has 4 rings (SSSR count). The van der Waals surface area contributed by atoms with Crippen LogP contribution in [0.2, 0.25) is 0 Å². The number of unbranched alkanes of at least 4 members (excludes halogenated alkanes) is 3. The van der Waals surface area contributed by atoms with Crippen LogP contribution in [0.4, 0.5) is 0 Å². The predicted octanol–water partition coefficient (Wildman–Crippen LogP) is 5.56. The van der Waals surface area contributed by atoms with Crippen molar-refractivity contribution in [1.82, 2.24) is 9.66 Å². The summed E-state index contributed by atoms with van der Waals surface area (Å²) in [6, 6.07) is 11.3. The first-order valence-corrected chi connectivity index (χ1v) is 10.9. The molecule has 0 fully saturated rings. The average Bonchev–Trinajstić information content (AvgIpc) is 3.44. The highest BCUT2D eigenvalue weighted by Crippen LogP contribution is 2.30. The zero-order valence-corrected chi connectivity index (χ0v) is 17.6. The van der Waals surface area contributed by atoms with E-state index < -0.39 is 0 Å². The van der Waals surface area contributed by atoms with Crippen molar-refractivity contribution in [2.75, 3.05) is 6.61 Å². The van der Waals surface area contributed by atoms with Crippen molar-refractivity contribution in [2.45, 2.75) is 32.6 Å². The Kier molecular flexibility index (Phi) is 6.39. The molecule has 0 aliphatic carbocycles. The summed E-state index contributed by atoms with van der Waals surface area (Å²) in [5, 5.41) is 6.70. The SMILES string of the molecule is CCCCCCOc1ccc(/C=N\n2cnc3scc(-c4ccco4)c3c2=O)cc1. The van der Waals surface area contributed by atoms with Crippen molar-refractivity contribution >= 4 is 27.8 Å². The monoisotopic (exact) mass is 421 g/mol. The minimum absolute atomic E-state index is 0.226. The molecule has 0 spiro atoms. The Bertz CT molecular complexity index is 1170. The summed E-state index contributed by atoms with van der Waals surface area (Å²) in [5.74, 6) is 1.48. The third-order valence-corrected chi connectivity index (χ3v) is 5.63. The van der Waals surface area contributed by atoms with Gasteiger partial charge in [-0.25, -0.2) is 4.98 Å². The van der Waals surface area contributed by atoms with E-state index in [0.29, 0.717) is 16.0 Å². The van der Waals surface area contributed by atoms with E-state index in [-0.39, 0.29) is 5.56 Å². The topological polar surface area (TPSA) is 69.6 Å². The van der Waals surface area contributed by atoms with Crippen LogP contribution in [-0.2, 0) is 0 Å². The number of nitrogens with zero attached hydrogens (tertiary/aromatic N) is 3. The average molecular weight is 422 g/mol. The molecule has 0 bridgehead atoms. The minimum atomic E-state index is -0.226. The van der Waals surface area contributed by atoms with Crippen LogP contribution in [0.1, 0.15) is 38.2 Å². The van der Waals surface area contributed by atoms with Gasteiger partial charge in [0.2, 0.25) is 0 Å². The molecule has 1 aromatic carbocycles. The summed E-state index contributed by atoms with van der Waals surface area (Å²) in [5.41, 5.74) is 1.38. The first-order valence-electron chi connectivity index (χ1n) is 10.1.